The van der Waals surface area contributed by atoms with Gasteiger partial charge in [0.05, 0.1) is 32.4 Å². The van der Waals surface area contributed by atoms with E-state index in [0.29, 0.717) is 39.5 Å². The van der Waals surface area contributed by atoms with E-state index in [-0.39, 0.29) is 11.6 Å². The van der Waals surface area contributed by atoms with Crippen molar-refractivity contribution in [2.75, 3.05) is 26.6 Å². The monoisotopic (exact) mass is 357 g/mol. The lowest BCUT2D eigenvalue weighted by molar-refractivity contribution is 0.102. The Morgan fingerprint density at radius 3 is 2.04 bits per heavy atom. The van der Waals surface area contributed by atoms with E-state index in [1.165, 1.54) is 21.3 Å². The zero-order chi connectivity index (χ0) is 18.8. The van der Waals surface area contributed by atoms with Gasteiger partial charge in [0.1, 0.15) is 0 Å². The molecule has 0 saturated heterocycles. The molecule has 26 heavy (non-hydrogen) atoms. The van der Waals surface area contributed by atoms with Gasteiger partial charge in [0.25, 0.3) is 5.91 Å². The molecule has 0 unspecified atom stereocenters. The van der Waals surface area contributed by atoms with Gasteiger partial charge in [0, 0.05) is 11.3 Å². The van der Waals surface area contributed by atoms with Gasteiger partial charge < -0.3 is 29.5 Å². The summed E-state index contributed by atoms with van der Waals surface area (Å²) >= 11 is 0. The maximum Gasteiger partial charge on any atom is 0.323 e. The number of aromatic nitrogens is 2. The van der Waals surface area contributed by atoms with Crippen LogP contribution in [-0.4, -0.2) is 37.2 Å². The van der Waals surface area contributed by atoms with Crippen molar-refractivity contribution in [3.8, 4) is 17.2 Å². The van der Waals surface area contributed by atoms with E-state index in [1.807, 2.05) is 6.92 Å². The summed E-state index contributed by atoms with van der Waals surface area (Å²) in [6, 6.07) is 6.64. The zero-order valence-corrected chi connectivity index (χ0v) is 14.9. The third-order valence-electron chi connectivity index (χ3n) is 4.04. The number of nitrogens with one attached hydrogen (secondary N) is 3. The molecule has 8 heteroatoms. The van der Waals surface area contributed by atoms with E-state index in [1.54, 1.807) is 24.3 Å². The fraction of sp³-hybridized carbons (Fsp3) is 0.222. The number of amides is 1. The molecule has 2 aromatic carbocycles. The first-order valence-corrected chi connectivity index (χ1v) is 7.80. The number of aryl methyl sites for hydroxylation is 1. The summed E-state index contributed by atoms with van der Waals surface area (Å²) in [4.78, 5) is 29.5. The van der Waals surface area contributed by atoms with E-state index in [0.717, 1.165) is 5.56 Å². The van der Waals surface area contributed by atoms with E-state index < -0.39 is 0 Å². The number of carbonyl (C=O) groups excluding carboxylic acids is 1. The van der Waals surface area contributed by atoms with Gasteiger partial charge in [-0.1, -0.05) is 0 Å². The highest BCUT2D eigenvalue weighted by molar-refractivity contribution is 6.06. The number of H-pyrrole nitrogens is 2. The number of fused-ring (bicyclic) bond motifs is 1. The van der Waals surface area contributed by atoms with Gasteiger partial charge in [-0.05, 0) is 36.8 Å². The number of hydrogen-bond donors (Lipinski definition) is 3. The third kappa shape index (κ3) is 3.08. The van der Waals surface area contributed by atoms with Gasteiger partial charge >= 0.3 is 5.69 Å². The van der Waals surface area contributed by atoms with Crippen molar-refractivity contribution in [2.45, 2.75) is 6.92 Å². The number of hydrogen-bond acceptors (Lipinski definition) is 5. The number of ether oxygens (including phenoxy) is 3. The number of anilines is 1. The smallest absolute Gasteiger partial charge is 0.323 e. The molecule has 3 aromatic rings. The van der Waals surface area contributed by atoms with Crippen molar-refractivity contribution >= 4 is 22.6 Å². The van der Waals surface area contributed by atoms with Crippen LogP contribution in [0.1, 0.15) is 15.9 Å². The van der Waals surface area contributed by atoms with E-state index in [4.69, 9.17) is 14.2 Å². The predicted octanol–water partition coefficient (Wildman–Crippen LogP) is 2.44. The van der Waals surface area contributed by atoms with Crippen molar-refractivity contribution < 1.29 is 19.0 Å². The molecule has 3 rings (SSSR count). The highest BCUT2D eigenvalue weighted by Crippen LogP contribution is 2.38. The van der Waals surface area contributed by atoms with Gasteiger partial charge in [-0.2, -0.15) is 0 Å². The standard InChI is InChI=1S/C18H19N3O5/c1-9-5-12-13(21-18(23)20-12)8-11(9)19-17(22)10-6-14(24-2)16(26-4)15(7-10)25-3/h5-8H,1-4H3,(H,19,22)(H2,20,21,23). The number of rotatable bonds is 5. The van der Waals surface area contributed by atoms with Crippen LogP contribution in [0.3, 0.4) is 0 Å². The normalized spacial score (nSPS) is 10.6. The first-order chi connectivity index (χ1) is 12.5. The van der Waals surface area contributed by atoms with Crippen LogP contribution in [0.4, 0.5) is 5.69 Å². The summed E-state index contributed by atoms with van der Waals surface area (Å²) in [5.41, 5.74) is 2.74. The summed E-state index contributed by atoms with van der Waals surface area (Å²) < 4.78 is 15.8. The number of aromatic amines is 2. The first kappa shape index (κ1) is 17.4. The highest BCUT2D eigenvalue weighted by Gasteiger charge is 2.18. The van der Waals surface area contributed by atoms with Gasteiger partial charge in [0.2, 0.25) is 5.75 Å². The van der Waals surface area contributed by atoms with Crippen LogP contribution >= 0.6 is 0 Å². The maximum atomic E-state index is 12.7. The molecule has 0 saturated carbocycles. The average molecular weight is 357 g/mol. The second-order valence-electron chi connectivity index (χ2n) is 5.66. The quantitative estimate of drug-likeness (QED) is 0.650. The Bertz CT molecular complexity index is 1010. The van der Waals surface area contributed by atoms with E-state index in [2.05, 4.69) is 15.3 Å². The fourth-order valence-corrected chi connectivity index (χ4v) is 2.73. The summed E-state index contributed by atoms with van der Waals surface area (Å²) in [7, 11) is 4.47. The van der Waals surface area contributed by atoms with Gasteiger partial charge in [-0.15, -0.1) is 0 Å². The Hall–Kier alpha value is -3.42. The fourth-order valence-electron chi connectivity index (χ4n) is 2.73. The number of benzene rings is 2. The van der Waals surface area contributed by atoms with Crippen molar-refractivity contribution in [3.05, 3.63) is 45.9 Å². The topological polar surface area (TPSA) is 105 Å². The number of imidazole rings is 1. The van der Waals surface area contributed by atoms with Gasteiger partial charge in [0.15, 0.2) is 11.5 Å². The Labute approximate surface area is 149 Å². The minimum atomic E-state index is -0.343. The van der Waals surface area contributed by atoms with Crippen molar-refractivity contribution in [3.63, 3.8) is 0 Å². The first-order valence-electron chi connectivity index (χ1n) is 7.80. The molecule has 0 bridgehead atoms. The third-order valence-corrected chi connectivity index (χ3v) is 4.04. The minimum absolute atomic E-state index is 0.299. The molecule has 0 aliphatic rings. The molecular formula is C18H19N3O5. The molecule has 0 spiro atoms. The second kappa shape index (κ2) is 6.83. The Morgan fingerprint density at radius 1 is 0.923 bits per heavy atom. The Balaban J connectivity index is 1.97. The van der Waals surface area contributed by atoms with E-state index in [9.17, 15) is 9.59 Å². The van der Waals surface area contributed by atoms with Crippen LogP contribution in [0.25, 0.3) is 11.0 Å². The lowest BCUT2D eigenvalue weighted by Crippen LogP contribution is -2.13. The summed E-state index contributed by atoms with van der Waals surface area (Å²) in [5.74, 6) is 0.844. The van der Waals surface area contributed by atoms with Crippen molar-refractivity contribution in [1.82, 2.24) is 9.97 Å². The molecule has 1 heterocycles. The van der Waals surface area contributed by atoms with E-state index >= 15 is 0 Å². The summed E-state index contributed by atoms with van der Waals surface area (Å²) in [6.07, 6.45) is 0. The largest absolute Gasteiger partial charge is 0.493 e. The van der Waals surface area contributed by atoms with Crippen LogP contribution in [0.15, 0.2) is 29.1 Å². The predicted molar refractivity (Wildman–Crippen MR) is 97.7 cm³/mol. The molecule has 1 aromatic heterocycles. The van der Waals surface area contributed by atoms with Crippen LogP contribution in [0.2, 0.25) is 0 Å². The van der Waals surface area contributed by atoms with Crippen LogP contribution < -0.4 is 25.2 Å². The molecular weight excluding hydrogens is 338 g/mol. The molecule has 0 radical (unpaired) electrons. The SMILES string of the molecule is COc1cc(C(=O)Nc2cc3[nH]c(=O)[nH]c3cc2C)cc(OC)c1OC. The summed E-state index contributed by atoms with van der Waals surface area (Å²) in [6.45, 7) is 1.84. The number of carbonyl (C=O) groups is 1. The van der Waals surface area contributed by atoms with Crippen molar-refractivity contribution in [2.24, 2.45) is 0 Å². The Kier molecular flexibility index (Phi) is 4.57. The molecule has 0 aliphatic heterocycles. The van der Waals surface area contributed by atoms with Crippen molar-refractivity contribution in [1.29, 1.82) is 0 Å². The van der Waals surface area contributed by atoms with Crippen LogP contribution in [-0.2, 0) is 0 Å². The molecule has 1 amide bonds. The molecule has 0 fully saturated rings. The molecule has 8 nitrogen and oxygen atoms in total. The molecule has 0 aliphatic carbocycles. The lowest BCUT2D eigenvalue weighted by atomic mass is 10.1. The van der Waals surface area contributed by atoms with Crippen LogP contribution in [0.5, 0.6) is 17.2 Å². The number of methoxy groups -OCH3 is 3. The molecule has 3 N–H and O–H groups in total. The van der Waals surface area contributed by atoms with Gasteiger partial charge in [-0.25, -0.2) is 4.79 Å². The molecule has 0 atom stereocenters. The minimum Gasteiger partial charge on any atom is -0.493 e. The maximum absolute atomic E-state index is 12.7. The Morgan fingerprint density at radius 2 is 1.50 bits per heavy atom. The summed E-state index contributed by atoms with van der Waals surface area (Å²) in [5, 5.41) is 2.84. The average Bonchev–Trinajstić information content (AvgIpc) is 2.99. The second-order valence-corrected chi connectivity index (χ2v) is 5.66. The van der Waals surface area contributed by atoms with Crippen LogP contribution in [0, 0.1) is 6.92 Å². The lowest BCUT2D eigenvalue weighted by Gasteiger charge is -2.14. The molecule has 136 valence electrons. The highest BCUT2D eigenvalue weighted by atomic mass is 16.5. The van der Waals surface area contributed by atoms with Gasteiger partial charge in [-0.3, -0.25) is 4.79 Å². The zero-order valence-electron chi connectivity index (χ0n) is 14.9.